The molecule has 78 valence electrons. The van der Waals surface area contributed by atoms with Gasteiger partial charge in [-0.3, -0.25) is 0 Å². The first-order valence-electron chi connectivity index (χ1n) is 5.14. The van der Waals surface area contributed by atoms with Gasteiger partial charge in [-0.2, -0.15) is 0 Å². The van der Waals surface area contributed by atoms with Crippen LogP contribution in [-0.2, 0) is 5.41 Å². The predicted octanol–water partition coefficient (Wildman–Crippen LogP) is 2.53. The van der Waals surface area contributed by atoms with Crippen LogP contribution in [0.25, 0.3) is 0 Å². The van der Waals surface area contributed by atoms with Crippen LogP contribution in [0.1, 0.15) is 45.6 Å². The molecule has 0 radical (unpaired) electrons. The lowest BCUT2D eigenvalue weighted by molar-refractivity contribution is 0.455. The molecule has 1 rings (SSSR count). The Morgan fingerprint density at radius 3 is 2.36 bits per heavy atom. The van der Waals surface area contributed by atoms with Crippen LogP contribution < -0.4 is 5.73 Å². The summed E-state index contributed by atoms with van der Waals surface area (Å²) in [6.07, 6.45) is 7.28. The Morgan fingerprint density at radius 1 is 1.29 bits per heavy atom. The molecule has 3 nitrogen and oxygen atoms in total. The first-order valence-corrected chi connectivity index (χ1v) is 5.14. The molecule has 0 amide bonds. The van der Waals surface area contributed by atoms with Crippen molar-refractivity contribution in [2.45, 2.75) is 45.4 Å². The van der Waals surface area contributed by atoms with E-state index in [9.17, 15) is 0 Å². The number of nitrogens with two attached hydrogens (primary N) is 1. The van der Waals surface area contributed by atoms with Crippen LogP contribution in [0.3, 0.4) is 0 Å². The molecule has 0 bridgehead atoms. The zero-order valence-corrected chi connectivity index (χ0v) is 9.25. The highest BCUT2D eigenvalue weighted by molar-refractivity contribution is 5.22. The van der Waals surface area contributed by atoms with Crippen LogP contribution in [0.2, 0.25) is 0 Å². The van der Waals surface area contributed by atoms with Crippen molar-refractivity contribution in [3.63, 3.8) is 0 Å². The number of nitrogens with zero attached hydrogens (tertiary/aromatic N) is 2. The highest BCUT2D eigenvalue weighted by Crippen LogP contribution is 2.27. The second kappa shape index (κ2) is 4.40. The van der Waals surface area contributed by atoms with E-state index in [0.717, 1.165) is 6.42 Å². The van der Waals surface area contributed by atoms with Crippen molar-refractivity contribution >= 4 is 5.95 Å². The van der Waals surface area contributed by atoms with Crippen molar-refractivity contribution in [1.82, 2.24) is 9.97 Å². The Labute approximate surface area is 85.8 Å². The van der Waals surface area contributed by atoms with Gasteiger partial charge in [0.15, 0.2) is 0 Å². The van der Waals surface area contributed by atoms with Crippen molar-refractivity contribution in [1.29, 1.82) is 0 Å². The number of unbranched alkanes of at least 4 members (excludes halogenated alkanes) is 1. The zero-order valence-electron chi connectivity index (χ0n) is 9.25. The maximum absolute atomic E-state index is 5.45. The molecule has 0 fully saturated rings. The van der Waals surface area contributed by atoms with E-state index in [1.165, 1.54) is 18.4 Å². The molecule has 3 heteroatoms. The van der Waals surface area contributed by atoms with E-state index >= 15 is 0 Å². The van der Waals surface area contributed by atoms with Crippen LogP contribution >= 0.6 is 0 Å². The van der Waals surface area contributed by atoms with E-state index in [0.29, 0.717) is 5.95 Å². The minimum Gasteiger partial charge on any atom is -0.368 e. The van der Waals surface area contributed by atoms with Crippen LogP contribution in [0.5, 0.6) is 0 Å². The van der Waals surface area contributed by atoms with Crippen molar-refractivity contribution in [3.8, 4) is 0 Å². The number of rotatable bonds is 4. The fourth-order valence-corrected chi connectivity index (χ4v) is 1.45. The average Bonchev–Trinajstić information content (AvgIpc) is 2.16. The predicted molar refractivity (Wildman–Crippen MR) is 59.0 cm³/mol. The second-order valence-electron chi connectivity index (χ2n) is 4.32. The van der Waals surface area contributed by atoms with Crippen LogP contribution in [0.4, 0.5) is 5.95 Å². The summed E-state index contributed by atoms with van der Waals surface area (Å²) in [5.41, 5.74) is 6.77. The quantitative estimate of drug-likeness (QED) is 0.799. The molecule has 0 aliphatic heterocycles. The summed E-state index contributed by atoms with van der Waals surface area (Å²) < 4.78 is 0. The summed E-state index contributed by atoms with van der Waals surface area (Å²) >= 11 is 0. The zero-order chi connectivity index (χ0) is 10.6. The molecule has 14 heavy (non-hydrogen) atoms. The molecular formula is C11H19N3. The van der Waals surface area contributed by atoms with Gasteiger partial charge >= 0.3 is 0 Å². The van der Waals surface area contributed by atoms with Crippen LogP contribution in [0, 0.1) is 0 Å². The first kappa shape index (κ1) is 11.0. The van der Waals surface area contributed by atoms with Crippen molar-refractivity contribution in [2.24, 2.45) is 0 Å². The normalized spacial score (nSPS) is 11.6. The van der Waals surface area contributed by atoms with Crippen molar-refractivity contribution in [3.05, 3.63) is 18.0 Å². The smallest absolute Gasteiger partial charge is 0.219 e. The molecule has 0 atom stereocenters. The highest BCUT2D eigenvalue weighted by Gasteiger charge is 2.20. The Hall–Kier alpha value is -1.12. The maximum Gasteiger partial charge on any atom is 0.219 e. The Bertz CT molecular complexity index is 277. The van der Waals surface area contributed by atoms with Gasteiger partial charge in [0.2, 0.25) is 5.95 Å². The van der Waals surface area contributed by atoms with Crippen molar-refractivity contribution in [2.75, 3.05) is 5.73 Å². The summed E-state index contributed by atoms with van der Waals surface area (Å²) in [6, 6.07) is 0. The number of anilines is 1. The lowest BCUT2D eigenvalue weighted by Crippen LogP contribution is -2.17. The Morgan fingerprint density at radius 2 is 1.86 bits per heavy atom. The minimum atomic E-state index is 0.156. The Kier molecular flexibility index (Phi) is 3.44. The summed E-state index contributed by atoms with van der Waals surface area (Å²) in [4.78, 5) is 8.04. The van der Waals surface area contributed by atoms with Gasteiger partial charge in [-0.25, -0.2) is 9.97 Å². The summed E-state index contributed by atoms with van der Waals surface area (Å²) in [5.74, 6) is 0.347. The highest BCUT2D eigenvalue weighted by atomic mass is 15.0. The van der Waals surface area contributed by atoms with Gasteiger partial charge in [-0.1, -0.05) is 33.6 Å². The standard InChI is InChI=1S/C11H19N3/c1-4-5-6-11(2,3)9-7-13-10(12)14-8-9/h7-8H,4-6H2,1-3H3,(H2,12,13,14). The molecule has 0 saturated carbocycles. The molecule has 0 aliphatic rings. The molecule has 0 aliphatic carbocycles. The molecule has 0 saturated heterocycles. The van der Waals surface area contributed by atoms with Gasteiger partial charge in [0, 0.05) is 12.4 Å². The van der Waals surface area contributed by atoms with Crippen LogP contribution in [-0.4, -0.2) is 9.97 Å². The summed E-state index contributed by atoms with van der Waals surface area (Å²) in [5, 5.41) is 0. The fraction of sp³-hybridized carbons (Fsp3) is 0.636. The molecule has 1 aromatic rings. The lowest BCUT2D eigenvalue weighted by Gasteiger charge is -2.24. The van der Waals surface area contributed by atoms with E-state index < -0.39 is 0 Å². The lowest BCUT2D eigenvalue weighted by atomic mass is 9.82. The van der Waals surface area contributed by atoms with E-state index in [4.69, 9.17) is 5.73 Å². The molecule has 0 aromatic carbocycles. The first-order chi connectivity index (χ1) is 6.56. The largest absolute Gasteiger partial charge is 0.368 e. The number of hydrogen-bond donors (Lipinski definition) is 1. The number of nitrogen functional groups attached to an aromatic ring is 1. The van der Waals surface area contributed by atoms with Gasteiger partial charge in [0.05, 0.1) is 0 Å². The third-order valence-electron chi connectivity index (χ3n) is 2.61. The maximum atomic E-state index is 5.45. The van der Waals surface area contributed by atoms with E-state index in [1.54, 1.807) is 0 Å². The average molecular weight is 193 g/mol. The van der Waals surface area contributed by atoms with Gasteiger partial charge in [0.1, 0.15) is 0 Å². The van der Waals surface area contributed by atoms with Gasteiger partial charge < -0.3 is 5.73 Å². The van der Waals surface area contributed by atoms with Gasteiger partial charge in [0.25, 0.3) is 0 Å². The molecule has 2 N–H and O–H groups in total. The molecular weight excluding hydrogens is 174 g/mol. The fourth-order valence-electron chi connectivity index (χ4n) is 1.45. The number of aromatic nitrogens is 2. The minimum absolute atomic E-state index is 0.156. The summed E-state index contributed by atoms with van der Waals surface area (Å²) in [6.45, 7) is 6.64. The summed E-state index contributed by atoms with van der Waals surface area (Å²) in [7, 11) is 0. The van der Waals surface area contributed by atoms with E-state index in [2.05, 4.69) is 30.7 Å². The molecule has 0 spiro atoms. The monoisotopic (exact) mass is 193 g/mol. The second-order valence-corrected chi connectivity index (χ2v) is 4.32. The van der Waals surface area contributed by atoms with Gasteiger partial charge in [-0.05, 0) is 17.4 Å². The SMILES string of the molecule is CCCCC(C)(C)c1cnc(N)nc1. The molecule has 0 unspecified atom stereocenters. The topological polar surface area (TPSA) is 51.8 Å². The van der Waals surface area contributed by atoms with Crippen molar-refractivity contribution < 1.29 is 0 Å². The van der Waals surface area contributed by atoms with E-state index in [-0.39, 0.29) is 5.41 Å². The third-order valence-corrected chi connectivity index (χ3v) is 2.61. The number of hydrogen-bond acceptors (Lipinski definition) is 3. The van der Waals surface area contributed by atoms with Gasteiger partial charge in [-0.15, -0.1) is 0 Å². The van der Waals surface area contributed by atoms with Crippen LogP contribution in [0.15, 0.2) is 12.4 Å². The molecule has 1 heterocycles. The Balaban J connectivity index is 2.75. The molecule has 1 aromatic heterocycles. The van der Waals surface area contributed by atoms with E-state index in [1.807, 2.05) is 12.4 Å². The third kappa shape index (κ3) is 2.69.